The quantitative estimate of drug-likeness (QED) is 0.862. The number of nitrogens with zero attached hydrogens (tertiary/aromatic N) is 2. The van der Waals surface area contributed by atoms with E-state index in [-0.39, 0.29) is 18.4 Å². The number of halogens is 1. The molecule has 124 valence electrons. The van der Waals surface area contributed by atoms with Gasteiger partial charge in [0, 0.05) is 18.8 Å². The minimum Gasteiger partial charge on any atom is -0.481 e. The van der Waals surface area contributed by atoms with Gasteiger partial charge in [-0.2, -0.15) is 0 Å². The molecule has 1 N–H and O–H groups in total. The van der Waals surface area contributed by atoms with E-state index in [1.54, 1.807) is 11.0 Å². The molecular formula is C16H19ClN2O4. The van der Waals surface area contributed by atoms with Crippen LogP contribution in [-0.2, 0) is 4.79 Å². The number of aromatic nitrogens is 1. The Morgan fingerprint density at radius 2 is 2.17 bits per heavy atom. The topological polar surface area (TPSA) is 79.7 Å². The molecule has 23 heavy (non-hydrogen) atoms. The molecule has 6 nitrogen and oxygen atoms in total. The van der Waals surface area contributed by atoms with Crippen molar-refractivity contribution in [2.45, 2.75) is 38.1 Å². The lowest BCUT2D eigenvalue weighted by atomic mass is 10.1. The van der Waals surface area contributed by atoms with E-state index in [0.29, 0.717) is 42.0 Å². The Morgan fingerprint density at radius 1 is 1.39 bits per heavy atom. The fourth-order valence-electron chi connectivity index (χ4n) is 2.81. The van der Waals surface area contributed by atoms with Gasteiger partial charge in [-0.3, -0.25) is 9.59 Å². The zero-order valence-electron chi connectivity index (χ0n) is 12.7. The summed E-state index contributed by atoms with van der Waals surface area (Å²) in [6.07, 6.45) is 5.29. The Kier molecular flexibility index (Phi) is 4.71. The van der Waals surface area contributed by atoms with Crippen LogP contribution in [0, 0.1) is 5.92 Å². The van der Waals surface area contributed by atoms with Crippen LogP contribution < -0.4 is 4.74 Å². The standard InChI is InChI=1S/C16H19ClN2O4/c17-13-6-11(8-18-15(13)23-9-10-3-4-10)16(22)19-5-1-2-12(19)7-14(20)21/h6,8,10,12H,1-5,7,9H2,(H,20,21). The van der Waals surface area contributed by atoms with Crippen molar-refractivity contribution < 1.29 is 19.4 Å². The van der Waals surface area contributed by atoms with Crippen molar-refractivity contribution in [2.24, 2.45) is 5.92 Å². The van der Waals surface area contributed by atoms with E-state index in [1.165, 1.54) is 19.0 Å². The zero-order chi connectivity index (χ0) is 16.4. The van der Waals surface area contributed by atoms with Crippen LogP contribution in [0.3, 0.4) is 0 Å². The molecule has 1 atom stereocenters. The predicted octanol–water partition coefficient (Wildman–Crippen LogP) is 2.60. The summed E-state index contributed by atoms with van der Waals surface area (Å²) in [6, 6.07) is 1.29. The monoisotopic (exact) mass is 338 g/mol. The number of carboxylic acid groups (broad SMARTS) is 1. The third-order valence-corrected chi connectivity index (χ3v) is 4.53. The maximum Gasteiger partial charge on any atom is 0.305 e. The lowest BCUT2D eigenvalue weighted by molar-refractivity contribution is -0.137. The number of hydrogen-bond acceptors (Lipinski definition) is 4. The van der Waals surface area contributed by atoms with Gasteiger partial charge < -0.3 is 14.7 Å². The second-order valence-electron chi connectivity index (χ2n) is 6.16. The first-order chi connectivity index (χ1) is 11.0. The Hall–Kier alpha value is -1.82. The van der Waals surface area contributed by atoms with Gasteiger partial charge in [0.1, 0.15) is 5.02 Å². The highest BCUT2D eigenvalue weighted by Gasteiger charge is 2.31. The lowest BCUT2D eigenvalue weighted by Crippen LogP contribution is -2.36. The van der Waals surface area contributed by atoms with E-state index < -0.39 is 5.97 Å². The molecule has 0 aromatic carbocycles. The number of hydrogen-bond donors (Lipinski definition) is 1. The van der Waals surface area contributed by atoms with E-state index in [9.17, 15) is 9.59 Å². The number of carbonyl (C=O) groups excluding carboxylic acids is 1. The minimum absolute atomic E-state index is 0.0323. The molecular weight excluding hydrogens is 320 g/mol. The Labute approximate surface area is 139 Å². The number of amides is 1. The molecule has 2 aliphatic rings. The highest BCUT2D eigenvalue weighted by Crippen LogP contribution is 2.31. The molecule has 2 heterocycles. The Balaban J connectivity index is 1.68. The average Bonchev–Trinajstić information content (AvgIpc) is 3.23. The number of pyridine rings is 1. The first-order valence-electron chi connectivity index (χ1n) is 7.85. The Bertz CT molecular complexity index is 618. The van der Waals surface area contributed by atoms with Gasteiger partial charge in [-0.15, -0.1) is 0 Å². The van der Waals surface area contributed by atoms with Crippen molar-refractivity contribution in [3.63, 3.8) is 0 Å². The fourth-order valence-corrected chi connectivity index (χ4v) is 3.03. The maximum atomic E-state index is 12.6. The largest absolute Gasteiger partial charge is 0.481 e. The summed E-state index contributed by atoms with van der Waals surface area (Å²) < 4.78 is 5.55. The number of rotatable bonds is 6. The van der Waals surface area contributed by atoms with Gasteiger partial charge in [-0.1, -0.05) is 11.6 Å². The molecule has 7 heteroatoms. The van der Waals surface area contributed by atoms with Gasteiger partial charge >= 0.3 is 5.97 Å². The Morgan fingerprint density at radius 3 is 2.83 bits per heavy atom. The number of carbonyl (C=O) groups is 2. The van der Waals surface area contributed by atoms with E-state index in [4.69, 9.17) is 21.4 Å². The van der Waals surface area contributed by atoms with Crippen LogP contribution in [0.2, 0.25) is 5.02 Å². The smallest absolute Gasteiger partial charge is 0.305 e. The van der Waals surface area contributed by atoms with Crippen LogP contribution in [-0.4, -0.2) is 46.1 Å². The van der Waals surface area contributed by atoms with Crippen LogP contribution in [0.25, 0.3) is 0 Å². The van der Waals surface area contributed by atoms with Crippen molar-refractivity contribution in [1.82, 2.24) is 9.88 Å². The molecule has 1 saturated heterocycles. The molecule has 1 unspecified atom stereocenters. The number of aliphatic carboxylic acids is 1. The number of ether oxygens (including phenoxy) is 1. The van der Waals surface area contributed by atoms with E-state index >= 15 is 0 Å². The molecule has 2 fully saturated rings. The van der Waals surface area contributed by atoms with Crippen molar-refractivity contribution in [3.05, 3.63) is 22.8 Å². The van der Waals surface area contributed by atoms with E-state index in [2.05, 4.69) is 4.98 Å². The molecule has 1 aliphatic carbocycles. The SMILES string of the molecule is O=C(O)CC1CCCN1C(=O)c1cnc(OCC2CC2)c(Cl)c1. The highest BCUT2D eigenvalue weighted by atomic mass is 35.5. The van der Waals surface area contributed by atoms with Crippen molar-refractivity contribution in [2.75, 3.05) is 13.2 Å². The first kappa shape index (κ1) is 16.1. The number of likely N-dealkylation sites (tertiary alicyclic amines) is 1. The molecule has 0 spiro atoms. The lowest BCUT2D eigenvalue weighted by Gasteiger charge is -2.23. The van der Waals surface area contributed by atoms with Gasteiger partial charge in [0.25, 0.3) is 5.91 Å². The third-order valence-electron chi connectivity index (χ3n) is 4.26. The second kappa shape index (κ2) is 6.74. The van der Waals surface area contributed by atoms with E-state index in [1.807, 2.05) is 0 Å². The van der Waals surface area contributed by atoms with Crippen LogP contribution in [0.1, 0.15) is 42.5 Å². The summed E-state index contributed by atoms with van der Waals surface area (Å²) in [7, 11) is 0. The summed E-state index contributed by atoms with van der Waals surface area (Å²) in [5, 5.41) is 9.26. The molecule has 0 bridgehead atoms. The summed E-state index contributed by atoms with van der Waals surface area (Å²) in [5.74, 6) is -0.180. The predicted molar refractivity (Wildman–Crippen MR) is 83.8 cm³/mol. The molecule has 0 radical (unpaired) electrons. The van der Waals surface area contributed by atoms with Gasteiger partial charge in [0.15, 0.2) is 0 Å². The van der Waals surface area contributed by atoms with Gasteiger partial charge in [0.05, 0.1) is 18.6 Å². The van der Waals surface area contributed by atoms with Gasteiger partial charge in [0.2, 0.25) is 5.88 Å². The van der Waals surface area contributed by atoms with Crippen LogP contribution in [0.4, 0.5) is 0 Å². The minimum atomic E-state index is -0.894. The molecule has 1 amide bonds. The summed E-state index contributed by atoms with van der Waals surface area (Å²) in [5.41, 5.74) is 0.367. The average molecular weight is 339 g/mol. The molecule has 3 rings (SSSR count). The summed E-state index contributed by atoms with van der Waals surface area (Å²) >= 11 is 6.15. The van der Waals surface area contributed by atoms with Gasteiger partial charge in [-0.25, -0.2) is 4.98 Å². The van der Waals surface area contributed by atoms with Crippen LogP contribution in [0.15, 0.2) is 12.3 Å². The van der Waals surface area contributed by atoms with Crippen molar-refractivity contribution in [1.29, 1.82) is 0 Å². The first-order valence-corrected chi connectivity index (χ1v) is 8.23. The normalized spacial score (nSPS) is 20.6. The molecule has 1 saturated carbocycles. The molecule has 1 aliphatic heterocycles. The summed E-state index contributed by atoms with van der Waals surface area (Å²) in [4.78, 5) is 29.2. The highest BCUT2D eigenvalue weighted by molar-refractivity contribution is 6.32. The number of carboxylic acids is 1. The van der Waals surface area contributed by atoms with Gasteiger partial charge in [-0.05, 0) is 37.7 Å². The fraction of sp³-hybridized carbons (Fsp3) is 0.562. The van der Waals surface area contributed by atoms with Crippen LogP contribution >= 0.6 is 11.6 Å². The van der Waals surface area contributed by atoms with Crippen LogP contribution in [0.5, 0.6) is 5.88 Å². The van der Waals surface area contributed by atoms with E-state index in [0.717, 1.165) is 6.42 Å². The maximum absolute atomic E-state index is 12.6. The third kappa shape index (κ3) is 3.93. The molecule has 1 aromatic heterocycles. The zero-order valence-corrected chi connectivity index (χ0v) is 13.5. The molecule has 1 aromatic rings. The van der Waals surface area contributed by atoms with Crippen molar-refractivity contribution in [3.8, 4) is 5.88 Å². The summed E-state index contributed by atoms with van der Waals surface area (Å²) in [6.45, 7) is 1.17. The van der Waals surface area contributed by atoms with Crippen molar-refractivity contribution >= 4 is 23.5 Å². The second-order valence-corrected chi connectivity index (χ2v) is 6.57.